The lowest BCUT2D eigenvalue weighted by Gasteiger charge is -2.07. The fraction of sp³-hybridized carbons (Fsp3) is 0.0526. The zero-order valence-electron chi connectivity index (χ0n) is 14.3. The highest BCUT2D eigenvalue weighted by molar-refractivity contribution is 5.96. The van der Waals surface area contributed by atoms with Gasteiger partial charge < -0.3 is 15.6 Å². The number of ether oxygens (including phenoxy) is 1. The van der Waals surface area contributed by atoms with E-state index in [0.717, 1.165) is 10.9 Å². The number of aromatic nitrogens is 4. The van der Waals surface area contributed by atoms with Crippen LogP contribution in [0.4, 0.5) is 5.82 Å². The zero-order chi connectivity index (χ0) is 19.0. The molecule has 0 aliphatic heterocycles. The summed E-state index contributed by atoms with van der Waals surface area (Å²) in [6, 6.07) is 10.9. The Morgan fingerprint density at radius 3 is 2.67 bits per heavy atom. The summed E-state index contributed by atoms with van der Waals surface area (Å²) >= 11 is 0. The van der Waals surface area contributed by atoms with Gasteiger partial charge in [-0.3, -0.25) is 5.10 Å². The molecule has 134 valence electrons. The molecule has 0 spiro atoms. The highest BCUT2D eigenvalue weighted by Gasteiger charge is 2.16. The van der Waals surface area contributed by atoms with E-state index in [4.69, 9.17) is 10.5 Å². The first-order chi connectivity index (χ1) is 13.1. The number of carboxylic acid groups (broad SMARTS) is 1. The van der Waals surface area contributed by atoms with Crippen molar-refractivity contribution in [2.45, 2.75) is 0 Å². The van der Waals surface area contributed by atoms with Crippen LogP contribution in [0.5, 0.6) is 5.75 Å². The molecule has 1 aromatic carbocycles. The van der Waals surface area contributed by atoms with Gasteiger partial charge in [0.15, 0.2) is 5.65 Å². The Balaban J connectivity index is 1.88. The maximum atomic E-state index is 11.3. The standard InChI is InChI=1S/C19H15N5O3/c1-27-15-5-3-2-4-12(15)16-13-6-10(9-22-18(13)24-23-16)11-7-14(19(25)26)17(20)21-8-11/h2-9H,1H3,(H2,20,21)(H,25,26)(H,22,23,24). The average molecular weight is 361 g/mol. The number of methoxy groups -OCH3 is 1. The maximum absolute atomic E-state index is 11.3. The molecule has 0 atom stereocenters. The topological polar surface area (TPSA) is 127 Å². The number of carbonyl (C=O) groups is 1. The SMILES string of the molecule is COc1ccccc1-c1n[nH]c2ncc(-c3cnc(N)c(C(=O)O)c3)cc12. The maximum Gasteiger partial charge on any atom is 0.339 e. The third-order valence-electron chi connectivity index (χ3n) is 4.26. The lowest BCUT2D eigenvalue weighted by atomic mass is 10.0. The van der Waals surface area contributed by atoms with Crippen molar-refractivity contribution in [3.05, 3.63) is 54.4 Å². The second-order valence-electron chi connectivity index (χ2n) is 5.85. The Kier molecular flexibility index (Phi) is 3.92. The van der Waals surface area contributed by atoms with E-state index >= 15 is 0 Å². The number of rotatable bonds is 4. The van der Waals surface area contributed by atoms with Crippen molar-refractivity contribution in [2.75, 3.05) is 12.8 Å². The van der Waals surface area contributed by atoms with Crippen LogP contribution in [0.2, 0.25) is 0 Å². The predicted molar refractivity (Wildman–Crippen MR) is 100 cm³/mol. The van der Waals surface area contributed by atoms with E-state index in [0.29, 0.717) is 28.2 Å². The van der Waals surface area contributed by atoms with Crippen LogP contribution in [-0.2, 0) is 0 Å². The first kappa shape index (κ1) is 16.5. The van der Waals surface area contributed by atoms with Crippen molar-refractivity contribution in [1.29, 1.82) is 0 Å². The third-order valence-corrected chi connectivity index (χ3v) is 4.26. The number of aromatic amines is 1. The molecule has 0 bridgehead atoms. The van der Waals surface area contributed by atoms with Gasteiger partial charge in [0.1, 0.15) is 22.8 Å². The molecule has 0 unspecified atom stereocenters. The van der Waals surface area contributed by atoms with Gasteiger partial charge in [-0.05, 0) is 24.3 Å². The second-order valence-corrected chi connectivity index (χ2v) is 5.85. The van der Waals surface area contributed by atoms with Gasteiger partial charge in [-0.2, -0.15) is 5.10 Å². The van der Waals surface area contributed by atoms with E-state index < -0.39 is 5.97 Å². The monoisotopic (exact) mass is 361 g/mol. The number of fused-ring (bicyclic) bond motifs is 1. The van der Waals surface area contributed by atoms with Crippen molar-refractivity contribution >= 4 is 22.8 Å². The van der Waals surface area contributed by atoms with Crippen LogP contribution in [0.3, 0.4) is 0 Å². The number of nitrogens with zero attached hydrogens (tertiary/aromatic N) is 3. The number of aromatic carboxylic acids is 1. The van der Waals surface area contributed by atoms with Gasteiger partial charge in [0.25, 0.3) is 0 Å². The quantitative estimate of drug-likeness (QED) is 0.510. The number of benzene rings is 1. The Bertz CT molecular complexity index is 1170. The van der Waals surface area contributed by atoms with Crippen LogP contribution in [-0.4, -0.2) is 38.4 Å². The number of nitrogens with two attached hydrogens (primary N) is 1. The number of pyridine rings is 2. The molecule has 8 nitrogen and oxygen atoms in total. The minimum absolute atomic E-state index is 0.0293. The summed E-state index contributed by atoms with van der Waals surface area (Å²) in [5, 5.41) is 17.3. The van der Waals surface area contributed by atoms with Crippen LogP contribution in [0.15, 0.2) is 48.8 Å². The molecule has 0 saturated carbocycles. The van der Waals surface area contributed by atoms with E-state index in [1.165, 1.54) is 12.3 Å². The fourth-order valence-corrected chi connectivity index (χ4v) is 2.91. The number of carboxylic acids is 1. The van der Waals surface area contributed by atoms with Crippen LogP contribution in [0.1, 0.15) is 10.4 Å². The summed E-state index contributed by atoms with van der Waals surface area (Å²) < 4.78 is 5.42. The van der Waals surface area contributed by atoms with E-state index in [2.05, 4.69) is 20.2 Å². The summed E-state index contributed by atoms with van der Waals surface area (Å²) in [7, 11) is 1.60. The number of nitrogen functional groups attached to an aromatic ring is 1. The Hall–Kier alpha value is -3.94. The smallest absolute Gasteiger partial charge is 0.339 e. The highest BCUT2D eigenvalue weighted by atomic mass is 16.5. The molecular formula is C19H15N5O3. The number of anilines is 1. The number of hydrogen-bond acceptors (Lipinski definition) is 6. The van der Waals surface area contributed by atoms with Crippen molar-refractivity contribution in [3.8, 4) is 28.1 Å². The van der Waals surface area contributed by atoms with Crippen LogP contribution in [0.25, 0.3) is 33.4 Å². The summed E-state index contributed by atoms with van der Waals surface area (Å²) in [5.74, 6) is -0.467. The first-order valence-corrected chi connectivity index (χ1v) is 8.05. The van der Waals surface area contributed by atoms with Crippen molar-refractivity contribution in [1.82, 2.24) is 20.2 Å². The zero-order valence-corrected chi connectivity index (χ0v) is 14.3. The molecule has 4 aromatic rings. The van der Waals surface area contributed by atoms with Gasteiger partial charge in [-0.15, -0.1) is 0 Å². The average Bonchev–Trinajstić information content (AvgIpc) is 3.11. The van der Waals surface area contributed by atoms with Gasteiger partial charge in [0.05, 0.1) is 7.11 Å². The van der Waals surface area contributed by atoms with Gasteiger partial charge in [0, 0.05) is 34.5 Å². The molecule has 4 N–H and O–H groups in total. The Labute approximate surface area is 153 Å². The van der Waals surface area contributed by atoms with Gasteiger partial charge in [0.2, 0.25) is 0 Å². The van der Waals surface area contributed by atoms with Gasteiger partial charge in [-0.25, -0.2) is 14.8 Å². The largest absolute Gasteiger partial charge is 0.496 e. The van der Waals surface area contributed by atoms with E-state index in [1.807, 2.05) is 30.3 Å². The number of H-pyrrole nitrogens is 1. The molecule has 3 aromatic heterocycles. The van der Waals surface area contributed by atoms with Gasteiger partial charge in [-0.1, -0.05) is 12.1 Å². The minimum atomic E-state index is -1.13. The molecule has 27 heavy (non-hydrogen) atoms. The van der Waals surface area contributed by atoms with E-state index in [9.17, 15) is 9.90 Å². The molecule has 0 fully saturated rings. The second kappa shape index (κ2) is 6.41. The fourth-order valence-electron chi connectivity index (χ4n) is 2.91. The molecular weight excluding hydrogens is 346 g/mol. The van der Waals surface area contributed by atoms with Crippen molar-refractivity contribution in [2.24, 2.45) is 0 Å². The third kappa shape index (κ3) is 2.82. The number of para-hydroxylation sites is 1. The molecule has 0 amide bonds. The molecule has 0 radical (unpaired) electrons. The van der Waals surface area contributed by atoms with E-state index in [1.54, 1.807) is 13.3 Å². The van der Waals surface area contributed by atoms with Crippen LogP contribution >= 0.6 is 0 Å². The number of nitrogens with one attached hydrogen (secondary N) is 1. The molecule has 3 heterocycles. The van der Waals surface area contributed by atoms with Crippen molar-refractivity contribution < 1.29 is 14.6 Å². The molecule has 0 aliphatic carbocycles. The van der Waals surface area contributed by atoms with Crippen LogP contribution < -0.4 is 10.5 Å². The summed E-state index contributed by atoms with van der Waals surface area (Å²) in [6.07, 6.45) is 3.15. The van der Waals surface area contributed by atoms with Crippen molar-refractivity contribution in [3.63, 3.8) is 0 Å². The molecule has 8 heteroatoms. The molecule has 0 saturated heterocycles. The van der Waals surface area contributed by atoms with Gasteiger partial charge >= 0.3 is 5.97 Å². The lowest BCUT2D eigenvalue weighted by molar-refractivity contribution is 0.0697. The lowest BCUT2D eigenvalue weighted by Crippen LogP contribution is -2.04. The highest BCUT2D eigenvalue weighted by Crippen LogP contribution is 2.34. The summed E-state index contributed by atoms with van der Waals surface area (Å²) in [6.45, 7) is 0. The van der Waals surface area contributed by atoms with E-state index in [-0.39, 0.29) is 11.4 Å². The Morgan fingerprint density at radius 2 is 1.89 bits per heavy atom. The minimum Gasteiger partial charge on any atom is -0.496 e. The molecule has 0 aliphatic rings. The predicted octanol–water partition coefficient (Wildman–Crippen LogP) is 2.98. The Morgan fingerprint density at radius 1 is 1.15 bits per heavy atom. The van der Waals surface area contributed by atoms with Crippen LogP contribution in [0, 0.1) is 0 Å². The normalized spacial score (nSPS) is 10.9. The number of hydrogen-bond donors (Lipinski definition) is 3. The molecule has 4 rings (SSSR count). The first-order valence-electron chi connectivity index (χ1n) is 8.05. The summed E-state index contributed by atoms with van der Waals surface area (Å²) in [4.78, 5) is 19.7. The summed E-state index contributed by atoms with van der Waals surface area (Å²) in [5.41, 5.74) is 9.02.